The zero-order valence-corrected chi connectivity index (χ0v) is 21.4. The number of benzene rings is 3. The van der Waals surface area contributed by atoms with Gasteiger partial charge in [0.05, 0.1) is 16.6 Å². The smallest absolute Gasteiger partial charge is 0.232 e. The predicted octanol–water partition coefficient (Wildman–Crippen LogP) is 4.03. The Bertz CT molecular complexity index is 1530. The molecule has 1 aliphatic carbocycles. The van der Waals surface area contributed by atoms with Gasteiger partial charge in [0.2, 0.25) is 5.36 Å². The molecule has 0 amide bonds. The van der Waals surface area contributed by atoms with Gasteiger partial charge < -0.3 is 14.0 Å². The standard InChI is InChI=1S/C27H32N4O4S/c1-3-5-15-30(28)19-11-13-21-24(17-19)35-25-18-20(31(29)16-6-4-2)12-14-22(25)27(21)23-9-7-8-10-26(23)36(32,33)34/h7-14,17-18H,3-6,15-16,28-29H2,1-2H3. The van der Waals surface area contributed by atoms with Gasteiger partial charge in [-0.05, 0) is 30.7 Å². The van der Waals surface area contributed by atoms with E-state index in [9.17, 15) is 13.0 Å². The summed E-state index contributed by atoms with van der Waals surface area (Å²) in [7, 11) is -4.72. The lowest BCUT2D eigenvalue weighted by Gasteiger charge is -2.21. The molecule has 0 saturated heterocycles. The molecule has 0 radical (unpaired) electrons. The second-order valence-corrected chi connectivity index (χ2v) is 10.2. The van der Waals surface area contributed by atoms with Crippen LogP contribution in [0.5, 0.6) is 0 Å². The van der Waals surface area contributed by atoms with Crippen molar-refractivity contribution in [3.05, 3.63) is 66.0 Å². The van der Waals surface area contributed by atoms with Gasteiger partial charge >= 0.3 is 0 Å². The lowest BCUT2D eigenvalue weighted by Crippen LogP contribution is -2.36. The summed E-state index contributed by atoms with van der Waals surface area (Å²) in [6, 6.07) is 17.4. The van der Waals surface area contributed by atoms with E-state index >= 15 is 0 Å². The van der Waals surface area contributed by atoms with Crippen LogP contribution in [0, 0.1) is 0 Å². The Kier molecular flexibility index (Phi) is 7.63. The summed E-state index contributed by atoms with van der Waals surface area (Å²) in [6.45, 7) is 5.57. The molecule has 0 atom stereocenters. The van der Waals surface area contributed by atoms with Crippen molar-refractivity contribution in [3.63, 3.8) is 0 Å². The van der Waals surface area contributed by atoms with Crippen molar-refractivity contribution in [1.82, 2.24) is 4.68 Å². The van der Waals surface area contributed by atoms with Crippen LogP contribution in [0.4, 0.5) is 5.69 Å². The number of hydrogen-bond acceptors (Lipinski definition) is 7. The topological polar surface area (TPSA) is 129 Å². The van der Waals surface area contributed by atoms with Crippen molar-refractivity contribution in [2.75, 3.05) is 18.1 Å². The molecule has 0 bridgehead atoms. The maximum Gasteiger partial charge on any atom is 0.232 e. The molecule has 2 aliphatic rings. The highest BCUT2D eigenvalue weighted by Crippen LogP contribution is 2.42. The van der Waals surface area contributed by atoms with Crippen LogP contribution in [-0.4, -0.2) is 26.1 Å². The number of nitrogens with zero attached hydrogens (tertiary/aromatic N) is 2. The van der Waals surface area contributed by atoms with Crippen molar-refractivity contribution < 1.29 is 17.4 Å². The molecule has 1 aliphatic heterocycles. The second-order valence-electron chi connectivity index (χ2n) is 8.88. The number of anilines is 1. The summed E-state index contributed by atoms with van der Waals surface area (Å²) in [5.74, 6) is 13.1. The minimum absolute atomic E-state index is 0.279. The third kappa shape index (κ3) is 5.23. The van der Waals surface area contributed by atoms with Gasteiger partial charge in [-0.2, -0.15) is 0 Å². The molecule has 190 valence electrons. The molecule has 8 nitrogen and oxygen atoms in total. The van der Waals surface area contributed by atoms with Crippen molar-refractivity contribution in [2.45, 2.75) is 44.4 Å². The van der Waals surface area contributed by atoms with Gasteiger partial charge in [-0.1, -0.05) is 44.9 Å². The summed E-state index contributed by atoms with van der Waals surface area (Å²) >= 11 is 0. The normalized spacial score (nSPS) is 12.8. The molecule has 4 N–H and O–H groups in total. The molecular formula is C27H32N4O4S. The van der Waals surface area contributed by atoms with Crippen LogP contribution < -0.4 is 26.7 Å². The van der Waals surface area contributed by atoms with E-state index in [1.807, 2.05) is 36.4 Å². The Morgan fingerprint density at radius 2 is 1.72 bits per heavy atom. The van der Waals surface area contributed by atoms with E-state index in [0.717, 1.165) is 36.7 Å². The molecule has 0 saturated carbocycles. The monoisotopic (exact) mass is 508 g/mol. The second kappa shape index (κ2) is 10.7. The van der Waals surface area contributed by atoms with E-state index in [4.69, 9.17) is 16.1 Å². The summed E-state index contributed by atoms with van der Waals surface area (Å²) in [5.41, 5.74) is 2.90. The number of fused-ring (bicyclic) bond motifs is 2. The highest BCUT2D eigenvalue weighted by molar-refractivity contribution is 7.85. The number of hydrazine groups is 2. The average molecular weight is 509 g/mol. The van der Waals surface area contributed by atoms with Gasteiger partial charge in [0.25, 0.3) is 0 Å². The Morgan fingerprint density at radius 3 is 2.44 bits per heavy atom. The average Bonchev–Trinajstić information content (AvgIpc) is 2.87. The van der Waals surface area contributed by atoms with Crippen molar-refractivity contribution in [3.8, 4) is 22.5 Å². The van der Waals surface area contributed by atoms with Gasteiger partial charge in [0.15, 0.2) is 6.54 Å². The molecule has 2 aromatic rings. The highest BCUT2D eigenvalue weighted by atomic mass is 32.2. The zero-order valence-electron chi connectivity index (χ0n) is 20.6. The number of unbranched alkanes of at least 4 members (excludes halogenated alkanes) is 2. The molecule has 0 aromatic heterocycles. The lowest BCUT2D eigenvalue weighted by molar-refractivity contribution is 0.463. The van der Waals surface area contributed by atoms with E-state index < -0.39 is 10.1 Å². The predicted molar refractivity (Wildman–Crippen MR) is 142 cm³/mol. The Hall–Kier alpha value is -3.40. The first-order valence-electron chi connectivity index (χ1n) is 12.2. The zero-order chi connectivity index (χ0) is 25.9. The first-order valence-corrected chi connectivity index (χ1v) is 13.6. The highest BCUT2D eigenvalue weighted by Gasteiger charge is 2.22. The van der Waals surface area contributed by atoms with E-state index in [2.05, 4.69) is 13.8 Å². The van der Waals surface area contributed by atoms with E-state index in [1.54, 1.807) is 27.9 Å². The van der Waals surface area contributed by atoms with Gasteiger partial charge in [0.1, 0.15) is 21.5 Å². The summed E-state index contributed by atoms with van der Waals surface area (Å²) in [6.07, 6.45) is 3.91. The number of rotatable bonds is 9. The Balaban J connectivity index is 2.05. The van der Waals surface area contributed by atoms with Crippen LogP contribution in [0.3, 0.4) is 0 Å². The van der Waals surface area contributed by atoms with Crippen molar-refractivity contribution >= 4 is 26.8 Å². The summed E-state index contributed by atoms with van der Waals surface area (Å²) < 4.78 is 44.5. The molecule has 2 aromatic carbocycles. The molecule has 0 spiro atoms. The number of nitrogens with two attached hydrogens (primary N) is 2. The molecule has 0 fully saturated rings. The molecule has 1 heterocycles. The van der Waals surface area contributed by atoms with Gasteiger partial charge in [-0.3, -0.25) is 0 Å². The fourth-order valence-electron chi connectivity index (χ4n) is 4.32. The minimum Gasteiger partial charge on any atom is -0.744 e. The SMILES string of the molecule is CCCCN(N)c1ccc2c(-c3ccccc3S(=O)(=O)[O-])c3cc/c(=[N+](\N)CCCC)cc-3oc2c1. The van der Waals surface area contributed by atoms with E-state index in [0.29, 0.717) is 46.5 Å². The maximum absolute atomic E-state index is 12.2. The first-order chi connectivity index (χ1) is 17.2. The molecule has 0 unspecified atom stereocenters. The number of hydrogen-bond donors (Lipinski definition) is 2. The van der Waals surface area contributed by atoms with Gasteiger partial charge in [0, 0.05) is 47.2 Å². The van der Waals surface area contributed by atoms with Crippen LogP contribution in [0.15, 0.2) is 70.0 Å². The summed E-state index contributed by atoms with van der Waals surface area (Å²) in [4.78, 5) is -0.279. The maximum atomic E-state index is 12.2. The fourth-order valence-corrected chi connectivity index (χ4v) is 5.01. The van der Waals surface area contributed by atoms with Crippen LogP contribution in [0.2, 0.25) is 0 Å². The van der Waals surface area contributed by atoms with Gasteiger partial charge in [-0.15, -0.1) is 4.68 Å². The Morgan fingerprint density at radius 1 is 0.972 bits per heavy atom. The third-order valence-electron chi connectivity index (χ3n) is 6.28. The van der Waals surface area contributed by atoms with Crippen LogP contribution in [0.1, 0.15) is 39.5 Å². The first kappa shape index (κ1) is 25.7. The Labute approximate surface area is 211 Å². The van der Waals surface area contributed by atoms with E-state index in [-0.39, 0.29) is 4.90 Å². The van der Waals surface area contributed by atoms with Crippen LogP contribution in [0.25, 0.3) is 33.4 Å². The molecular weight excluding hydrogens is 476 g/mol. The lowest BCUT2D eigenvalue weighted by atomic mass is 9.93. The molecule has 4 rings (SSSR count). The molecule has 9 heteroatoms. The molecule has 36 heavy (non-hydrogen) atoms. The van der Waals surface area contributed by atoms with Crippen molar-refractivity contribution in [2.24, 2.45) is 11.7 Å². The van der Waals surface area contributed by atoms with Crippen LogP contribution >= 0.6 is 0 Å². The summed E-state index contributed by atoms with van der Waals surface area (Å²) in [5, 5.41) is 3.12. The van der Waals surface area contributed by atoms with E-state index in [1.165, 1.54) is 6.07 Å². The third-order valence-corrected chi connectivity index (χ3v) is 7.18. The fraction of sp³-hybridized carbons (Fsp3) is 0.296. The largest absolute Gasteiger partial charge is 0.744 e. The quantitative estimate of drug-likeness (QED) is 0.115. The van der Waals surface area contributed by atoms with Crippen LogP contribution in [-0.2, 0) is 10.1 Å². The minimum atomic E-state index is -4.72. The van der Waals surface area contributed by atoms with Gasteiger partial charge in [-0.25, -0.2) is 20.1 Å². The van der Waals surface area contributed by atoms with Crippen molar-refractivity contribution in [1.29, 1.82) is 0 Å².